The largest absolute Gasteiger partial charge is 0.461 e. The van der Waals surface area contributed by atoms with Gasteiger partial charge in [-0.05, 0) is 61.3 Å². The third-order valence-corrected chi connectivity index (χ3v) is 7.98. The van der Waals surface area contributed by atoms with Crippen LogP contribution in [0.3, 0.4) is 0 Å². The van der Waals surface area contributed by atoms with Gasteiger partial charge in [0.05, 0.1) is 29.1 Å². The number of aromatic nitrogens is 1. The molecule has 0 saturated carbocycles. The quantitative estimate of drug-likeness (QED) is 0.379. The van der Waals surface area contributed by atoms with E-state index in [2.05, 4.69) is 12.2 Å². The van der Waals surface area contributed by atoms with E-state index in [4.69, 9.17) is 9.73 Å². The summed E-state index contributed by atoms with van der Waals surface area (Å²) >= 11 is 0. The Bertz CT molecular complexity index is 1320. The molecule has 34 heavy (non-hydrogen) atoms. The van der Waals surface area contributed by atoms with E-state index < -0.39 is 0 Å². The number of allylic oxidation sites excluding steroid dienone is 7. The van der Waals surface area contributed by atoms with Crippen molar-refractivity contribution >= 4 is 17.4 Å². The molecule has 176 valence electrons. The molecule has 0 amide bonds. The topological polar surface area (TPSA) is 60.7 Å². The number of rotatable bonds is 0. The number of aliphatic imine (C=N–C) groups is 1. The van der Waals surface area contributed by atoms with Gasteiger partial charge in [-0.25, -0.2) is 4.39 Å². The number of nitrogens with zero attached hydrogens (tertiary/aromatic N) is 2. The molecular weight excluding hydrogens is 431 g/mol. The van der Waals surface area contributed by atoms with Crippen LogP contribution in [0.4, 0.5) is 4.39 Å². The maximum Gasteiger partial charge on any atom is 0.306 e. The first-order valence-corrected chi connectivity index (χ1v) is 12.4. The summed E-state index contributed by atoms with van der Waals surface area (Å²) < 4.78 is 22.1. The Labute approximate surface area is 198 Å². The van der Waals surface area contributed by atoms with Crippen molar-refractivity contribution in [1.29, 1.82) is 0 Å². The van der Waals surface area contributed by atoms with E-state index in [1.807, 2.05) is 19.9 Å². The highest BCUT2D eigenvalue weighted by Gasteiger charge is 2.32. The predicted molar refractivity (Wildman–Crippen MR) is 129 cm³/mol. The first kappa shape index (κ1) is 21.5. The van der Waals surface area contributed by atoms with Crippen molar-refractivity contribution in [2.75, 3.05) is 0 Å². The summed E-state index contributed by atoms with van der Waals surface area (Å²) in [6, 6.07) is 2.04. The zero-order chi connectivity index (χ0) is 23.6. The fourth-order valence-corrected chi connectivity index (χ4v) is 6.12. The minimum atomic E-state index is -0.277. The number of cyclic esters (lactones) is 1. The summed E-state index contributed by atoms with van der Waals surface area (Å²) in [7, 11) is 0. The van der Waals surface area contributed by atoms with Gasteiger partial charge in [-0.1, -0.05) is 37.1 Å². The molecule has 0 N–H and O–H groups in total. The third-order valence-electron chi connectivity index (χ3n) is 7.98. The summed E-state index contributed by atoms with van der Waals surface area (Å²) in [6.45, 7) is 4.46. The van der Waals surface area contributed by atoms with Crippen LogP contribution in [0.1, 0.15) is 75.1 Å². The van der Waals surface area contributed by atoms with Gasteiger partial charge in [0.25, 0.3) is 5.56 Å². The zero-order valence-electron chi connectivity index (χ0n) is 19.7. The highest BCUT2D eigenvalue weighted by Crippen LogP contribution is 2.42. The van der Waals surface area contributed by atoms with Gasteiger partial charge in [-0.2, -0.15) is 0 Å². The van der Waals surface area contributed by atoms with Crippen LogP contribution in [0, 0.1) is 11.8 Å². The van der Waals surface area contributed by atoms with Crippen LogP contribution in [0.2, 0.25) is 0 Å². The number of fused-ring (bicyclic) bond motifs is 3. The van der Waals surface area contributed by atoms with Crippen LogP contribution in [0.5, 0.6) is 0 Å². The number of carbonyl (C=O) groups is 1. The summed E-state index contributed by atoms with van der Waals surface area (Å²) in [6.07, 6.45) is 10.9. The third kappa shape index (κ3) is 3.46. The Morgan fingerprint density at radius 1 is 1.15 bits per heavy atom. The number of pyridine rings is 1. The van der Waals surface area contributed by atoms with Gasteiger partial charge in [0.15, 0.2) is 0 Å². The summed E-state index contributed by atoms with van der Waals surface area (Å²) in [5.74, 6) is -0.830. The van der Waals surface area contributed by atoms with E-state index in [-0.39, 0.29) is 48.1 Å². The molecular formula is C28H29FN2O3. The molecule has 2 bridgehead atoms. The van der Waals surface area contributed by atoms with Crippen LogP contribution in [-0.2, 0) is 22.7 Å². The fraction of sp³-hybridized carbons (Fsp3) is 0.464. The summed E-state index contributed by atoms with van der Waals surface area (Å²) in [5, 5.41) is 0. The van der Waals surface area contributed by atoms with Crippen LogP contribution < -0.4 is 5.56 Å². The molecule has 1 aromatic rings. The lowest BCUT2D eigenvalue weighted by Crippen LogP contribution is -2.31. The molecule has 6 heteroatoms. The number of hydrogen-bond donors (Lipinski definition) is 0. The number of carbonyl (C=O) groups excluding carboxylic acids is 1. The van der Waals surface area contributed by atoms with Gasteiger partial charge in [-0.3, -0.25) is 14.6 Å². The summed E-state index contributed by atoms with van der Waals surface area (Å²) in [5.41, 5.74) is 7.49. The van der Waals surface area contributed by atoms with E-state index in [9.17, 15) is 9.59 Å². The molecule has 3 atom stereocenters. The molecule has 0 unspecified atom stereocenters. The van der Waals surface area contributed by atoms with Crippen molar-refractivity contribution in [1.82, 2.24) is 4.57 Å². The zero-order valence-corrected chi connectivity index (χ0v) is 19.7. The average molecular weight is 461 g/mol. The minimum absolute atomic E-state index is 0.0184. The van der Waals surface area contributed by atoms with Crippen molar-refractivity contribution in [2.24, 2.45) is 16.8 Å². The second kappa shape index (κ2) is 8.03. The Hall–Kier alpha value is -3.02. The molecule has 4 heterocycles. The molecule has 2 aliphatic carbocycles. The van der Waals surface area contributed by atoms with Crippen LogP contribution in [0.25, 0.3) is 5.70 Å². The molecule has 5 aliphatic rings. The summed E-state index contributed by atoms with van der Waals surface area (Å²) in [4.78, 5) is 30.7. The lowest BCUT2D eigenvalue weighted by Gasteiger charge is -2.28. The standard InChI is InChI=1S/C28H29FN2O3/c1-15-9-26(32)34-14-22-20(15)12-25-27-19(6-7-31(25)28(22)33)10-17-4-3-5-18-8-16(2)23(29)13-24(30-27)21(18)11-17/h8,11-13,15-16,21H,3-7,9-10,14H2,1-2H3/t15-,16-,21+/m0/s1. The Kier molecular flexibility index (Phi) is 5.08. The lowest BCUT2D eigenvalue weighted by atomic mass is 9.87. The first-order valence-electron chi connectivity index (χ1n) is 12.4. The molecule has 0 aromatic carbocycles. The molecule has 5 nitrogen and oxygen atoms in total. The Balaban J connectivity index is 1.58. The molecule has 6 rings (SSSR count). The van der Waals surface area contributed by atoms with Crippen LogP contribution >= 0.6 is 0 Å². The Morgan fingerprint density at radius 2 is 2.00 bits per heavy atom. The van der Waals surface area contributed by atoms with Gasteiger partial charge in [0.2, 0.25) is 0 Å². The monoisotopic (exact) mass is 460 g/mol. The maximum atomic E-state index is 15.0. The second-order valence-corrected chi connectivity index (χ2v) is 10.3. The SMILES string of the molecule is C[C@H]1C=C2CCCC3=C[C@H]2C(=NC2=C(CCn4c2cc2c(c4=O)COC(=O)C[C@@H]2C)C3)C=C1F. The van der Waals surface area contributed by atoms with E-state index in [0.29, 0.717) is 12.1 Å². The minimum Gasteiger partial charge on any atom is -0.461 e. The molecule has 1 aromatic heterocycles. The maximum absolute atomic E-state index is 15.0. The number of esters is 1. The Morgan fingerprint density at radius 3 is 2.85 bits per heavy atom. The number of halogens is 1. The number of hydrogen-bond acceptors (Lipinski definition) is 4. The predicted octanol–water partition coefficient (Wildman–Crippen LogP) is 5.51. The lowest BCUT2D eigenvalue weighted by molar-refractivity contribution is -0.144. The number of ether oxygens (including phenoxy) is 1. The molecule has 3 aliphatic heterocycles. The molecule has 0 saturated heterocycles. The molecule has 0 fully saturated rings. The van der Waals surface area contributed by atoms with Crippen molar-refractivity contribution in [3.05, 3.63) is 74.0 Å². The average Bonchev–Trinajstić information content (AvgIpc) is 3.12. The molecule has 0 radical (unpaired) electrons. The second-order valence-electron chi connectivity index (χ2n) is 10.3. The van der Waals surface area contributed by atoms with Gasteiger partial charge in [-0.15, -0.1) is 0 Å². The van der Waals surface area contributed by atoms with Crippen molar-refractivity contribution in [2.45, 2.75) is 71.4 Å². The van der Waals surface area contributed by atoms with Crippen LogP contribution in [0.15, 0.2) is 56.6 Å². The van der Waals surface area contributed by atoms with E-state index >= 15 is 4.39 Å². The van der Waals surface area contributed by atoms with Crippen molar-refractivity contribution in [3.63, 3.8) is 0 Å². The van der Waals surface area contributed by atoms with E-state index in [1.54, 1.807) is 10.6 Å². The highest BCUT2D eigenvalue weighted by atomic mass is 19.1. The van der Waals surface area contributed by atoms with Crippen LogP contribution in [-0.4, -0.2) is 16.2 Å². The van der Waals surface area contributed by atoms with E-state index in [1.165, 1.54) is 16.7 Å². The van der Waals surface area contributed by atoms with Crippen molar-refractivity contribution < 1.29 is 13.9 Å². The fourth-order valence-electron chi connectivity index (χ4n) is 6.12. The van der Waals surface area contributed by atoms with Gasteiger partial charge < -0.3 is 9.30 Å². The van der Waals surface area contributed by atoms with Gasteiger partial charge in [0.1, 0.15) is 12.4 Å². The normalized spacial score (nSPS) is 28.2. The first-order chi connectivity index (χ1) is 16.4. The van der Waals surface area contributed by atoms with E-state index in [0.717, 1.165) is 54.8 Å². The highest BCUT2D eigenvalue weighted by molar-refractivity contribution is 6.04. The van der Waals surface area contributed by atoms with Gasteiger partial charge >= 0.3 is 5.97 Å². The smallest absolute Gasteiger partial charge is 0.306 e. The van der Waals surface area contributed by atoms with Crippen molar-refractivity contribution in [3.8, 4) is 0 Å². The molecule has 0 spiro atoms. The van der Waals surface area contributed by atoms with Gasteiger partial charge in [0, 0.05) is 18.4 Å².